The van der Waals surface area contributed by atoms with Crippen LogP contribution in [0.4, 0.5) is 17.5 Å². The Morgan fingerprint density at radius 1 is 1.25 bits per heavy atom. The molecule has 1 aliphatic carbocycles. The molecule has 5 rings (SSSR count). The highest BCUT2D eigenvalue weighted by Gasteiger charge is 2.30. The van der Waals surface area contributed by atoms with Gasteiger partial charge in [0.05, 0.1) is 25.0 Å². The highest BCUT2D eigenvalue weighted by atomic mass is 16.5. The number of aryl methyl sites for hydroxylation is 2. The monoisotopic (exact) mass is 545 g/mol. The van der Waals surface area contributed by atoms with E-state index in [0.717, 1.165) is 60.3 Å². The predicted molar refractivity (Wildman–Crippen MR) is 156 cm³/mol. The Hall–Kier alpha value is -3.83. The van der Waals surface area contributed by atoms with Gasteiger partial charge in [-0.2, -0.15) is 0 Å². The third-order valence-corrected chi connectivity index (χ3v) is 7.92. The van der Waals surface area contributed by atoms with Crippen molar-refractivity contribution in [2.45, 2.75) is 51.6 Å². The molecular formula is C29H39N9O2. The van der Waals surface area contributed by atoms with Gasteiger partial charge in [-0.15, -0.1) is 5.10 Å². The zero-order chi connectivity index (χ0) is 28.4. The molecule has 4 heterocycles. The van der Waals surface area contributed by atoms with Crippen molar-refractivity contribution in [2.24, 2.45) is 7.05 Å². The second-order valence-corrected chi connectivity index (χ2v) is 10.7. The maximum atomic E-state index is 13.5. The summed E-state index contributed by atoms with van der Waals surface area (Å²) in [7, 11) is 7.67. The first-order chi connectivity index (χ1) is 19.3. The van der Waals surface area contributed by atoms with Crippen LogP contribution in [0.2, 0.25) is 0 Å². The molecule has 3 aromatic heterocycles. The van der Waals surface area contributed by atoms with Gasteiger partial charge in [0.15, 0.2) is 0 Å². The summed E-state index contributed by atoms with van der Waals surface area (Å²) in [5, 5.41) is 10.7. The van der Waals surface area contributed by atoms with Gasteiger partial charge >= 0.3 is 0 Å². The number of carbonyl (C=O) groups is 1. The number of nitrogens with one attached hydrogen (secondary N) is 2. The highest BCUT2D eigenvalue weighted by molar-refractivity contribution is 5.96. The van der Waals surface area contributed by atoms with Gasteiger partial charge in [-0.25, -0.2) is 15.0 Å². The molecule has 11 heteroatoms. The molecule has 0 radical (unpaired) electrons. The molecule has 1 atom stereocenters. The van der Waals surface area contributed by atoms with Crippen molar-refractivity contribution in [2.75, 3.05) is 44.9 Å². The number of carbonyl (C=O) groups excluding carboxylic acids is 1. The summed E-state index contributed by atoms with van der Waals surface area (Å²) in [5.74, 6) is 1.56. The number of nitrogens with zero attached hydrogens (tertiary/aromatic N) is 7. The second kappa shape index (κ2) is 11.7. The van der Waals surface area contributed by atoms with Crippen LogP contribution in [0.15, 0.2) is 30.7 Å². The Kier molecular flexibility index (Phi) is 8.13. The maximum Gasteiger partial charge on any atom is 0.256 e. The molecule has 0 saturated carbocycles. The zero-order valence-corrected chi connectivity index (χ0v) is 24.2. The number of amides is 1. The molecule has 212 valence electrons. The molecule has 1 fully saturated rings. The number of ether oxygens (including phenoxy) is 1. The fourth-order valence-electron chi connectivity index (χ4n) is 5.72. The van der Waals surface area contributed by atoms with Gasteiger partial charge in [-0.05, 0) is 63.9 Å². The number of methoxy groups -OCH3 is 1. The van der Waals surface area contributed by atoms with Crippen LogP contribution in [0.1, 0.15) is 48.6 Å². The van der Waals surface area contributed by atoms with Crippen molar-refractivity contribution >= 4 is 28.9 Å². The normalized spacial score (nSPS) is 16.5. The molecule has 2 aliphatic rings. The first kappa shape index (κ1) is 27.7. The largest absolute Gasteiger partial charge is 0.478 e. The van der Waals surface area contributed by atoms with Gasteiger partial charge in [0.2, 0.25) is 11.9 Å². The van der Waals surface area contributed by atoms with Crippen LogP contribution in [0.3, 0.4) is 0 Å². The lowest BCUT2D eigenvalue weighted by atomic mass is 10.0. The predicted octanol–water partition coefficient (Wildman–Crippen LogP) is 3.40. The third kappa shape index (κ3) is 5.57. The van der Waals surface area contributed by atoms with E-state index >= 15 is 0 Å². The Balaban J connectivity index is 1.34. The number of hydrogen-bond donors (Lipinski definition) is 2. The number of allylic oxidation sites excluding steroid dienone is 1. The lowest BCUT2D eigenvalue weighted by Crippen LogP contribution is -2.50. The van der Waals surface area contributed by atoms with E-state index in [1.165, 1.54) is 0 Å². The van der Waals surface area contributed by atoms with Gasteiger partial charge in [0.25, 0.3) is 5.88 Å². The fraction of sp³-hybridized carbons (Fsp3) is 0.483. The van der Waals surface area contributed by atoms with Crippen LogP contribution in [0, 0.1) is 6.92 Å². The number of likely N-dealkylation sites (tertiary alicyclic amines) is 1. The van der Waals surface area contributed by atoms with E-state index < -0.39 is 0 Å². The summed E-state index contributed by atoms with van der Waals surface area (Å²) in [4.78, 5) is 32.0. The van der Waals surface area contributed by atoms with Crippen LogP contribution in [0.5, 0.6) is 5.88 Å². The van der Waals surface area contributed by atoms with Crippen LogP contribution in [-0.2, 0) is 18.3 Å². The van der Waals surface area contributed by atoms with Gasteiger partial charge in [0, 0.05) is 49.7 Å². The summed E-state index contributed by atoms with van der Waals surface area (Å²) in [6, 6.07) is 2.40. The summed E-state index contributed by atoms with van der Waals surface area (Å²) in [5.41, 5.74) is 5.51. The van der Waals surface area contributed by atoms with Gasteiger partial charge in [0.1, 0.15) is 11.5 Å². The minimum absolute atomic E-state index is 0.00951. The first-order valence-electron chi connectivity index (χ1n) is 13.9. The number of hydrogen-bond acceptors (Lipinski definition) is 9. The topological polar surface area (TPSA) is 113 Å². The summed E-state index contributed by atoms with van der Waals surface area (Å²) < 4.78 is 7.02. The summed E-state index contributed by atoms with van der Waals surface area (Å²) in [6.45, 7) is 5.93. The van der Waals surface area contributed by atoms with E-state index in [1.807, 2.05) is 32.4 Å². The molecule has 1 amide bonds. The Morgan fingerprint density at radius 3 is 2.73 bits per heavy atom. The number of rotatable bonds is 9. The Bertz CT molecular complexity index is 1410. The van der Waals surface area contributed by atoms with Crippen molar-refractivity contribution < 1.29 is 9.53 Å². The van der Waals surface area contributed by atoms with Crippen LogP contribution in [-0.4, -0.2) is 86.8 Å². The molecule has 1 aliphatic heterocycles. The molecule has 2 N–H and O–H groups in total. The average Bonchev–Trinajstić information content (AvgIpc) is 3.53. The van der Waals surface area contributed by atoms with Crippen LogP contribution in [0.25, 0.3) is 5.57 Å². The van der Waals surface area contributed by atoms with E-state index in [4.69, 9.17) is 9.72 Å². The number of aromatic nitrogens is 5. The smallest absolute Gasteiger partial charge is 0.256 e. The van der Waals surface area contributed by atoms with Gasteiger partial charge < -0.3 is 20.3 Å². The Morgan fingerprint density at radius 2 is 2.02 bits per heavy atom. The molecular weight excluding hydrogens is 506 g/mol. The molecule has 1 saturated heterocycles. The molecule has 1 unspecified atom stereocenters. The van der Waals surface area contributed by atoms with Crippen LogP contribution < -0.4 is 15.4 Å². The molecule has 3 aromatic rings. The lowest BCUT2D eigenvalue weighted by Gasteiger charge is -2.38. The third-order valence-electron chi connectivity index (χ3n) is 7.92. The number of anilines is 3. The van der Waals surface area contributed by atoms with Crippen molar-refractivity contribution in [3.05, 3.63) is 53.1 Å². The van der Waals surface area contributed by atoms with Crippen molar-refractivity contribution in [1.29, 1.82) is 0 Å². The van der Waals surface area contributed by atoms with Crippen molar-refractivity contribution in [1.82, 2.24) is 34.5 Å². The first-order valence-corrected chi connectivity index (χ1v) is 13.9. The molecule has 40 heavy (non-hydrogen) atoms. The van der Waals surface area contributed by atoms with E-state index in [1.54, 1.807) is 18.0 Å². The standard InChI is InChI=1S/C29H39N9O2/c1-7-24(38-14-11-19(12-15-38)36(3)4)27(39)34-26-22-9-8-21(20(22)10-13-30-26)25-18(2)16-31-29(33-25)32-23-17-37(5)35-28(23)40-6/h8,10,13,16-17,19,24H,7,9,11-12,14-15H2,1-6H3,(H,30,34,39)(H,31,32,33). The van der Waals surface area contributed by atoms with Crippen LogP contribution >= 0.6 is 0 Å². The Labute approximate surface area is 235 Å². The maximum absolute atomic E-state index is 13.5. The van der Waals surface area contributed by atoms with Gasteiger partial charge in [-0.3, -0.25) is 14.4 Å². The van der Waals surface area contributed by atoms with E-state index in [-0.39, 0.29) is 11.9 Å². The number of fused-ring (bicyclic) bond motifs is 1. The number of pyridine rings is 1. The molecule has 0 bridgehead atoms. The lowest BCUT2D eigenvalue weighted by molar-refractivity contribution is -0.122. The number of piperidine rings is 1. The van der Waals surface area contributed by atoms with E-state index in [2.05, 4.69) is 62.6 Å². The summed E-state index contributed by atoms with van der Waals surface area (Å²) in [6.07, 6.45) is 11.1. The van der Waals surface area contributed by atoms with Crippen molar-refractivity contribution in [3.8, 4) is 5.88 Å². The summed E-state index contributed by atoms with van der Waals surface area (Å²) >= 11 is 0. The fourth-order valence-corrected chi connectivity index (χ4v) is 5.72. The molecule has 0 aromatic carbocycles. The molecule has 0 spiro atoms. The van der Waals surface area contributed by atoms with E-state index in [9.17, 15) is 4.79 Å². The minimum Gasteiger partial charge on any atom is -0.478 e. The minimum atomic E-state index is -0.170. The van der Waals surface area contributed by atoms with Crippen molar-refractivity contribution in [3.63, 3.8) is 0 Å². The average molecular weight is 546 g/mol. The van der Waals surface area contributed by atoms with Gasteiger partial charge in [-0.1, -0.05) is 13.0 Å². The molecule has 11 nitrogen and oxygen atoms in total. The zero-order valence-electron chi connectivity index (χ0n) is 24.2. The highest BCUT2D eigenvalue weighted by Crippen LogP contribution is 2.37. The second-order valence-electron chi connectivity index (χ2n) is 10.7. The SMILES string of the molecule is CCC(C(=O)Nc1nccc2c1CC=C2c1nc(Nc2cn(C)nc2OC)ncc1C)N1CCC(N(C)C)CC1. The quantitative estimate of drug-likeness (QED) is 0.418. The van der Waals surface area contributed by atoms with E-state index in [0.29, 0.717) is 35.8 Å².